The molecule has 3 aliphatic rings. The molecule has 0 aromatic heterocycles. The van der Waals surface area contributed by atoms with Gasteiger partial charge in [0.1, 0.15) is 5.75 Å². The van der Waals surface area contributed by atoms with E-state index in [0.29, 0.717) is 17.9 Å². The fourth-order valence-corrected chi connectivity index (χ4v) is 4.91. The van der Waals surface area contributed by atoms with Gasteiger partial charge in [0, 0.05) is 31.0 Å². The van der Waals surface area contributed by atoms with Crippen molar-refractivity contribution < 1.29 is 9.53 Å². The summed E-state index contributed by atoms with van der Waals surface area (Å²) in [6.45, 7) is 3.87. The van der Waals surface area contributed by atoms with E-state index in [1.165, 1.54) is 57.1 Å². The molecule has 4 heteroatoms. The van der Waals surface area contributed by atoms with Crippen LogP contribution in [0.25, 0.3) is 0 Å². The van der Waals surface area contributed by atoms with Crippen LogP contribution in [0.4, 0.5) is 0 Å². The number of rotatable bonds is 7. The molecular formula is C24H36N2O2. The molecule has 154 valence electrons. The van der Waals surface area contributed by atoms with Gasteiger partial charge in [0.15, 0.2) is 0 Å². The molecule has 3 fully saturated rings. The lowest BCUT2D eigenvalue weighted by atomic mass is 9.88. The molecule has 4 nitrogen and oxygen atoms in total. The van der Waals surface area contributed by atoms with Gasteiger partial charge in [-0.05, 0) is 69.8 Å². The minimum absolute atomic E-state index is 0.261. The number of nitrogens with zero attached hydrogens (tertiary/aromatic N) is 2. The lowest BCUT2D eigenvalue weighted by molar-refractivity contribution is -0.137. The van der Waals surface area contributed by atoms with Crippen LogP contribution in [-0.2, 0) is 11.3 Å². The van der Waals surface area contributed by atoms with Crippen molar-refractivity contribution in [3.05, 3.63) is 29.8 Å². The molecule has 2 saturated carbocycles. The maximum atomic E-state index is 13.1. The second-order valence-corrected chi connectivity index (χ2v) is 9.26. The first-order valence-electron chi connectivity index (χ1n) is 11.4. The van der Waals surface area contributed by atoms with Crippen LogP contribution in [0.3, 0.4) is 0 Å². The average molecular weight is 385 g/mol. The molecule has 0 bridgehead atoms. The minimum Gasteiger partial charge on any atom is -0.493 e. The third-order valence-electron chi connectivity index (χ3n) is 6.68. The van der Waals surface area contributed by atoms with Crippen LogP contribution in [-0.4, -0.2) is 48.5 Å². The average Bonchev–Trinajstić information content (AvgIpc) is 3.56. The van der Waals surface area contributed by atoms with Gasteiger partial charge in [-0.3, -0.25) is 4.79 Å². The van der Waals surface area contributed by atoms with Crippen molar-refractivity contribution >= 4 is 5.91 Å². The first kappa shape index (κ1) is 19.8. The SMILES string of the molecule is CN1CCC[C@H](COc2cccc(CN(C(=O)C3CCCCC3)C3CC3)c2)C1. The van der Waals surface area contributed by atoms with Gasteiger partial charge in [0.25, 0.3) is 0 Å². The number of carbonyl (C=O) groups is 1. The zero-order valence-electron chi connectivity index (χ0n) is 17.4. The number of piperidine rings is 1. The van der Waals surface area contributed by atoms with Crippen molar-refractivity contribution in [2.24, 2.45) is 11.8 Å². The third-order valence-corrected chi connectivity index (χ3v) is 6.68. The molecule has 1 saturated heterocycles. The normalized spacial score (nSPS) is 24.1. The van der Waals surface area contributed by atoms with Crippen LogP contribution in [0.1, 0.15) is 63.4 Å². The summed E-state index contributed by atoms with van der Waals surface area (Å²) in [6.07, 6.45) is 10.8. The number of ether oxygens (including phenoxy) is 1. The summed E-state index contributed by atoms with van der Waals surface area (Å²) in [5, 5.41) is 0. The van der Waals surface area contributed by atoms with Gasteiger partial charge in [-0.15, -0.1) is 0 Å². The first-order chi connectivity index (χ1) is 13.7. The molecule has 1 aromatic carbocycles. The number of hydrogen-bond donors (Lipinski definition) is 0. The first-order valence-corrected chi connectivity index (χ1v) is 11.4. The smallest absolute Gasteiger partial charge is 0.226 e. The Hall–Kier alpha value is -1.55. The molecule has 4 rings (SSSR count). The minimum atomic E-state index is 0.261. The Labute approximate surface area is 170 Å². The van der Waals surface area contributed by atoms with Crippen molar-refractivity contribution in [1.29, 1.82) is 0 Å². The molecule has 0 spiro atoms. The molecule has 1 aromatic rings. The van der Waals surface area contributed by atoms with E-state index < -0.39 is 0 Å². The molecule has 1 heterocycles. The number of benzene rings is 1. The van der Waals surface area contributed by atoms with Gasteiger partial charge in [0.2, 0.25) is 5.91 Å². The molecule has 0 unspecified atom stereocenters. The van der Waals surface area contributed by atoms with E-state index in [1.807, 2.05) is 0 Å². The van der Waals surface area contributed by atoms with Crippen molar-refractivity contribution in [3.8, 4) is 5.75 Å². The molecule has 28 heavy (non-hydrogen) atoms. The van der Waals surface area contributed by atoms with Crippen molar-refractivity contribution in [2.75, 3.05) is 26.7 Å². The zero-order valence-corrected chi connectivity index (χ0v) is 17.4. The summed E-state index contributed by atoms with van der Waals surface area (Å²) < 4.78 is 6.14. The predicted octanol–water partition coefficient (Wildman–Crippen LogP) is 4.48. The number of likely N-dealkylation sites (tertiary alicyclic amines) is 1. The molecule has 2 aliphatic carbocycles. The van der Waals surface area contributed by atoms with Gasteiger partial charge in [-0.25, -0.2) is 0 Å². The molecule has 0 radical (unpaired) electrons. The fourth-order valence-electron chi connectivity index (χ4n) is 4.91. The molecule has 0 N–H and O–H groups in total. The summed E-state index contributed by atoms with van der Waals surface area (Å²) in [7, 11) is 2.20. The van der Waals surface area contributed by atoms with Crippen molar-refractivity contribution in [2.45, 2.75) is 70.4 Å². The maximum Gasteiger partial charge on any atom is 0.226 e. The largest absolute Gasteiger partial charge is 0.493 e. The van der Waals surface area contributed by atoms with Gasteiger partial charge < -0.3 is 14.5 Å². The van der Waals surface area contributed by atoms with E-state index in [9.17, 15) is 4.79 Å². The van der Waals surface area contributed by atoms with E-state index in [4.69, 9.17) is 4.74 Å². The zero-order chi connectivity index (χ0) is 19.3. The standard InChI is InChI=1S/C24H36N2O2/c1-25-14-6-8-20(16-25)18-28-23-11-5-7-19(15-23)17-26(22-12-13-22)24(27)21-9-3-2-4-10-21/h5,7,11,15,20-22H,2-4,6,8-10,12-14,16-18H2,1H3/t20-/m0/s1. The lowest BCUT2D eigenvalue weighted by Gasteiger charge is -2.30. The van der Waals surface area contributed by atoms with Crippen molar-refractivity contribution in [3.63, 3.8) is 0 Å². The van der Waals surface area contributed by atoms with Gasteiger partial charge in [0.05, 0.1) is 6.61 Å². The van der Waals surface area contributed by atoms with Gasteiger partial charge in [-0.1, -0.05) is 31.4 Å². The van der Waals surface area contributed by atoms with Crippen LogP contribution in [0.5, 0.6) is 5.75 Å². The van der Waals surface area contributed by atoms with Crippen LogP contribution in [0.15, 0.2) is 24.3 Å². The lowest BCUT2D eigenvalue weighted by Crippen LogP contribution is -2.38. The number of carbonyl (C=O) groups excluding carboxylic acids is 1. The summed E-state index contributed by atoms with van der Waals surface area (Å²) in [5.41, 5.74) is 1.20. The van der Waals surface area contributed by atoms with Gasteiger partial charge in [-0.2, -0.15) is 0 Å². The van der Waals surface area contributed by atoms with Crippen LogP contribution >= 0.6 is 0 Å². The predicted molar refractivity (Wildman–Crippen MR) is 112 cm³/mol. The summed E-state index contributed by atoms with van der Waals surface area (Å²) in [6, 6.07) is 8.89. The molecule has 1 amide bonds. The van der Waals surface area contributed by atoms with Crippen molar-refractivity contribution in [1.82, 2.24) is 9.80 Å². The van der Waals surface area contributed by atoms with E-state index in [-0.39, 0.29) is 5.92 Å². The molecular weight excluding hydrogens is 348 g/mol. The second kappa shape index (κ2) is 9.30. The Bertz CT molecular complexity index is 652. The number of amides is 1. The Kier molecular flexibility index (Phi) is 6.56. The fraction of sp³-hybridized carbons (Fsp3) is 0.708. The summed E-state index contributed by atoms with van der Waals surface area (Å²) >= 11 is 0. The summed E-state index contributed by atoms with van der Waals surface area (Å²) in [4.78, 5) is 17.7. The topological polar surface area (TPSA) is 32.8 Å². The quantitative estimate of drug-likeness (QED) is 0.695. The molecule has 1 aliphatic heterocycles. The monoisotopic (exact) mass is 384 g/mol. The van der Waals surface area contributed by atoms with E-state index in [2.05, 4.69) is 41.1 Å². The van der Waals surface area contributed by atoms with Crippen LogP contribution in [0.2, 0.25) is 0 Å². The summed E-state index contributed by atoms with van der Waals surface area (Å²) in [5.74, 6) is 2.24. The Morgan fingerprint density at radius 3 is 2.68 bits per heavy atom. The van der Waals surface area contributed by atoms with E-state index >= 15 is 0 Å². The van der Waals surface area contributed by atoms with Gasteiger partial charge >= 0.3 is 0 Å². The van der Waals surface area contributed by atoms with E-state index in [1.54, 1.807) is 0 Å². The highest BCUT2D eigenvalue weighted by Crippen LogP contribution is 2.33. The Balaban J connectivity index is 1.35. The Morgan fingerprint density at radius 1 is 1.11 bits per heavy atom. The number of hydrogen-bond acceptors (Lipinski definition) is 3. The van der Waals surface area contributed by atoms with Crippen LogP contribution < -0.4 is 4.74 Å². The Morgan fingerprint density at radius 2 is 1.93 bits per heavy atom. The van der Waals surface area contributed by atoms with E-state index in [0.717, 1.165) is 38.3 Å². The van der Waals surface area contributed by atoms with Crippen LogP contribution in [0, 0.1) is 11.8 Å². The highest BCUT2D eigenvalue weighted by molar-refractivity contribution is 5.79. The molecule has 1 atom stereocenters. The maximum absolute atomic E-state index is 13.1. The second-order valence-electron chi connectivity index (χ2n) is 9.26. The third kappa shape index (κ3) is 5.28. The highest BCUT2D eigenvalue weighted by atomic mass is 16.5. The highest BCUT2D eigenvalue weighted by Gasteiger charge is 2.36.